The third-order valence-electron chi connectivity index (χ3n) is 10.6. The summed E-state index contributed by atoms with van der Waals surface area (Å²) in [6.07, 6.45) is 4.26. The van der Waals surface area contributed by atoms with Gasteiger partial charge in [0.25, 0.3) is 0 Å². The molecule has 0 radical (unpaired) electrons. The van der Waals surface area contributed by atoms with Crippen molar-refractivity contribution in [3.63, 3.8) is 0 Å². The van der Waals surface area contributed by atoms with E-state index in [0.717, 1.165) is 28.9 Å². The van der Waals surface area contributed by atoms with Crippen LogP contribution in [0.1, 0.15) is 166 Å². The maximum atomic E-state index is 11.9. The second kappa shape index (κ2) is 32.4. The number of amides is 3. The molecule has 386 valence electrons. The van der Waals surface area contributed by atoms with Crippen molar-refractivity contribution in [1.82, 2.24) is 15.2 Å². The molecule has 0 spiro atoms. The van der Waals surface area contributed by atoms with Crippen molar-refractivity contribution in [2.45, 2.75) is 167 Å². The first-order valence-electron chi connectivity index (χ1n) is 25.0. The second-order valence-electron chi connectivity index (χ2n) is 21.1. The number of carbonyl (C=O) groups is 3. The monoisotopic (exact) mass is 979 g/mol. The van der Waals surface area contributed by atoms with Crippen molar-refractivity contribution >= 4 is 34.9 Å². The summed E-state index contributed by atoms with van der Waals surface area (Å²) in [6.45, 7) is 38.5. The van der Waals surface area contributed by atoms with Crippen molar-refractivity contribution in [3.05, 3.63) is 147 Å². The molecule has 1 unspecified atom stereocenters. The number of alkyl carbamates (subject to hydrolysis) is 1. The molecule has 0 aliphatic heterocycles. The molecule has 70 heavy (non-hydrogen) atoms. The molecule has 5 aromatic rings. The van der Waals surface area contributed by atoms with Crippen molar-refractivity contribution in [2.75, 3.05) is 18.9 Å². The highest BCUT2D eigenvalue weighted by Gasteiger charge is 2.22. The van der Waals surface area contributed by atoms with E-state index in [1.165, 1.54) is 26.5 Å². The minimum atomic E-state index is -0.586. The van der Waals surface area contributed by atoms with Crippen LogP contribution in [-0.4, -0.2) is 53.0 Å². The van der Waals surface area contributed by atoms with Crippen LogP contribution in [0.4, 0.5) is 10.5 Å². The molecule has 0 aliphatic carbocycles. The van der Waals surface area contributed by atoms with Gasteiger partial charge in [0.15, 0.2) is 0 Å². The fourth-order valence-electron chi connectivity index (χ4n) is 6.49. The molecule has 0 bridgehead atoms. The van der Waals surface area contributed by atoms with Crippen molar-refractivity contribution < 1.29 is 23.9 Å². The number of carbonyl (C=O) groups excluding carboxylic acids is 3. The first-order valence-corrected chi connectivity index (χ1v) is 25.9. The Bertz CT molecular complexity index is 2190. The number of pyridine rings is 1. The molecule has 2 heterocycles. The molecule has 5 rings (SSSR count). The van der Waals surface area contributed by atoms with Crippen LogP contribution >= 0.6 is 11.3 Å². The maximum absolute atomic E-state index is 11.9. The number of hydrogen-bond donors (Lipinski definition) is 2. The predicted octanol–water partition coefficient (Wildman–Crippen LogP) is 15.7. The first kappa shape index (κ1) is 62.5. The van der Waals surface area contributed by atoms with Gasteiger partial charge in [-0.25, -0.2) is 4.79 Å². The number of benzene rings is 3. The molecule has 2 aromatic heterocycles. The minimum Gasteiger partial charge on any atom is -0.489 e. The number of hydrogen-bond acceptors (Lipinski definition) is 7. The standard InChI is InChI=1S/C15H22N2O2.C15H17NO.C13H27NO2.C10H14.C7H10S/c1-10(2)9-17(5)15(19)14(18)16-13-8-11(3)6-7-12(13)4;1-12(2)14-5-7-15(8-6-14)17-11-13-4-3-9-16-10-13;1-9(2)8-11(10(3)4)14-12(15)16-13(5,6)7;1-8(2)10-6-4-9(3)5-7-10;1-6(2)7-4-3-5-8-7/h6-8,10H,9H2,1-5H3,(H,16,18);3-10,12H,11H2,1-2H3;9-11H,8H2,1-7H3,(H,14,15);4-8H,1-3H3;3-6H,1-2H3. The van der Waals surface area contributed by atoms with Gasteiger partial charge in [0.1, 0.15) is 18.0 Å². The fourth-order valence-corrected chi connectivity index (χ4v) is 7.23. The lowest BCUT2D eigenvalue weighted by Crippen LogP contribution is -2.42. The number of likely N-dealkylation sites (N-methyl/N-ethyl adjacent to an activating group) is 1. The Kier molecular flexibility index (Phi) is 29.0. The number of rotatable bonds is 13. The lowest BCUT2D eigenvalue weighted by Gasteiger charge is -2.26. The Morgan fingerprint density at radius 3 is 1.71 bits per heavy atom. The Morgan fingerprint density at radius 1 is 0.700 bits per heavy atom. The quantitative estimate of drug-likeness (QED) is 0.114. The molecule has 3 amide bonds. The predicted molar refractivity (Wildman–Crippen MR) is 297 cm³/mol. The number of nitrogens with one attached hydrogen (secondary N) is 2. The number of nitrogens with zero attached hydrogens (tertiary/aromatic N) is 2. The topological polar surface area (TPSA) is 110 Å². The number of thiophene rings is 1. The van der Waals surface area contributed by atoms with E-state index in [0.29, 0.717) is 54.3 Å². The van der Waals surface area contributed by atoms with Gasteiger partial charge in [0, 0.05) is 48.2 Å². The third kappa shape index (κ3) is 27.6. The van der Waals surface area contributed by atoms with Crippen LogP contribution in [0.2, 0.25) is 0 Å². The van der Waals surface area contributed by atoms with Crippen molar-refractivity contribution in [1.29, 1.82) is 0 Å². The van der Waals surface area contributed by atoms with Gasteiger partial charge < -0.3 is 25.0 Å². The Balaban J connectivity index is 0.000000450. The minimum absolute atomic E-state index is 0.190. The molecule has 0 saturated carbocycles. The zero-order chi connectivity index (χ0) is 53.1. The molecule has 0 fully saturated rings. The molecule has 0 saturated heterocycles. The second-order valence-corrected chi connectivity index (χ2v) is 22.1. The first-order chi connectivity index (χ1) is 32.7. The van der Waals surface area contributed by atoms with Crippen molar-refractivity contribution in [3.8, 4) is 5.75 Å². The summed E-state index contributed by atoms with van der Waals surface area (Å²) < 4.78 is 10.9. The van der Waals surface area contributed by atoms with Crippen molar-refractivity contribution in [2.24, 2.45) is 17.8 Å². The Morgan fingerprint density at radius 2 is 1.27 bits per heavy atom. The SMILES string of the molecule is CC(C)CC(NC(=O)OC(C)(C)C)C(C)C.CC(C)c1ccc(OCc2cccnc2)cc1.CC(C)c1cccs1.Cc1ccc(C(C)C)cc1.Cc1ccc(C)c(NC(=O)C(=O)N(C)CC(C)C)c1. The summed E-state index contributed by atoms with van der Waals surface area (Å²) in [5.41, 5.74) is 7.43. The van der Waals surface area contributed by atoms with Crippen LogP contribution in [-0.2, 0) is 20.9 Å². The number of ether oxygens (including phenoxy) is 2. The van der Waals surface area contributed by atoms with E-state index >= 15 is 0 Å². The van der Waals surface area contributed by atoms with Crippen LogP contribution in [0, 0.1) is 38.5 Å². The average molecular weight is 979 g/mol. The molecule has 1 atom stereocenters. The van der Waals surface area contributed by atoms with Gasteiger partial charge in [-0.2, -0.15) is 0 Å². The summed E-state index contributed by atoms with van der Waals surface area (Å²) in [7, 11) is 1.64. The highest BCUT2D eigenvalue weighted by atomic mass is 32.1. The van der Waals surface area contributed by atoms with Gasteiger partial charge in [0.2, 0.25) is 0 Å². The molecule has 10 heteroatoms. The Hall–Kier alpha value is -5.48. The van der Waals surface area contributed by atoms with Gasteiger partial charge in [0.05, 0.1) is 0 Å². The number of aromatic nitrogens is 1. The highest BCUT2D eigenvalue weighted by Crippen LogP contribution is 2.21. The average Bonchev–Trinajstić information content (AvgIpc) is 3.83. The van der Waals surface area contributed by atoms with Crippen LogP contribution in [0.25, 0.3) is 0 Å². The van der Waals surface area contributed by atoms with E-state index in [4.69, 9.17) is 9.47 Å². The van der Waals surface area contributed by atoms with Gasteiger partial charge in [-0.15, -0.1) is 11.3 Å². The van der Waals surface area contributed by atoms with Crippen LogP contribution < -0.4 is 15.4 Å². The fraction of sp³-hybridized carbons (Fsp3) is 0.500. The van der Waals surface area contributed by atoms with E-state index in [1.54, 1.807) is 13.2 Å². The van der Waals surface area contributed by atoms with E-state index in [1.807, 2.05) is 108 Å². The molecule has 3 aromatic carbocycles. The lowest BCUT2D eigenvalue weighted by atomic mass is 9.95. The van der Waals surface area contributed by atoms with Crippen LogP contribution in [0.3, 0.4) is 0 Å². The summed E-state index contributed by atoms with van der Waals surface area (Å²) in [6, 6.07) is 31.1. The van der Waals surface area contributed by atoms with Crippen LogP contribution in [0.5, 0.6) is 5.75 Å². The Labute approximate surface area is 428 Å². The summed E-state index contributed by atoms with van der Waals surface area (Å²) in [5, 5.41) is 7.74. The van der Waals surface area contributed by atoms with E-state index in [2.05, 4.69) is 146 Å². The van der Waals surface area contributed by atoms with Gasteiger partial charge in [-0.3, -0.25) is 14.6 Å². The zero-order valence-corrected chi connectivity index (χ0v) is 47.2. The largest absolute Gasteiger partial charge is 0.489 e. The zero-order valence-electron chi connectivity index (χ0n) is 46.4. The smallest absolute Gasteiger partial charge is 0.407 e. The maximum Gasteiger partial charge on any atom is 0.407 e. The summed E-state index contributed by atoms with van der Waals surface area (Å²) >= 11 is 1.83. The van der Waals surface area contributed by atoms with Gasteiger partial charge >= 0.3 is 17.9 Å². The molecule has 2 N–H and O–H groups in total. The lowest BCUT2D eigenvalue weighted by molar-refractivity contribution is -0.142. The number of anilines is 1. The van der Waals surface area contributed by atoms with E-state index in [9.17, 15) is 14.4 Å². The molecule has 0 aliphatic rings. The van der Waals surface area contributed by atoms with E-state index < -0.39 is 17.4 Å². The summed E-state index contributed by atoms with van der Waals surface area (Å²) in [4.78, 5) is 42.4. The van der Waals surface area contributed by atoms with Gasteiger partial charge in [-0.05, 0) is 141 Å². The molecular weight excluding hydrogens is 889 g/mol. The third-order valence-corrected chi connectivity index (χ3v) is 11.8. The van der Waals surface area contributed by atoms with Gasteiger partial charge in [-0.1, -0.05) is 149 Å². The number of aryl methyl sites for hydroxylation is 3. The highest BCUT2D eigenvalue weighted by molar-refractivity contribution is 7.10. The molecular formula is C60H90N4O5S. The van der Waals surface area contributed by atoms with E-state index in [-0.39, 0.29) is 12.1 Å². The summed E-state index contributed by atoms with van der Waals surface area (Å²) in [5.74, 6) is 3.06. The van der Waals surface area contributed by atoms with Crippen LogP contribution in [0.15, 0.2) is 109 Å². The normalized spacial score (nSPS) is 11.3. The molecule has 9 nitrogen and oxygen atoms in total.